The summed E-state index contributed by atoms with van der Waals surface area (Å²) in [4.78, 5) is 24.5. The largest absolute Gasteiger partial charge is 0.457 e. The van der Waals surface area contributed by atoms with Gasteiger partial charge in [0.1, 0.15) is 6.61 Å². The van der Waals surface area contributed by atoms with Crippen LogP contribution in [0.3, 0.4) is 0 Å². The molecule has 0 aromatic heterocycles. The number of nitriles is 1. The van der Waals surface area contributed by atoms with E-state index in [1.54, 1.807) is 42.5 Å². The van der Waals surface area contributed by atoms with Gasteiger partial charge in [0.05, 0.1) is 28.6 Å². The van der Waals surface area contributed by atoms with Gasteiger partial charge in [-0.2, -0.15) is 5.26 Å². The quantitative estimate of drug-likeness (QED) is 0.878. The maximum Gasteiger partial charge on any atom is 0.338 e. The molecule has 5 nitrogen and oxygen atoms in total. The Morgan fingerprint density at radius 3 is 2.78 bits per heavy atom. The number of esters is 1. The van der Waals surface area contributed by atoms with Crippen LogP contribution in [-0.2, 0) is 16.1 Å². The van der Waals surface area contributed by atoms with Crippen molar-refractivity contribution in [2.45, 2.75) is 11.5 Å². The number of fused-ring (bicyclic) bond motifs is 1. The third-order valence-corrected chi connectivity index (χ3v) is 4.37. The zero-order valence-electron chi connectivity index (χ0n) is 12.0. The highest BCUT2D eigenvalue weighted by molar-refractivity contribution is 8.00. The van der Waals surface area contributed by atoms with E-state index in [-0.39, 0.29) is 12.5 Å². The summed E-state index contributed by atoms with van der Waals surface area (Å²) < 4.78 is 5.26. The van der Waals surface area contributed by atoms with Crippen LogP contribution < -0.4 is 5.32 Å². The SMILES string of the molecule is N#Cc1ccc(COC(=O)c2ccc3c(c2)NC(=O)CS3)cc1. The molecule has 2 aromatic carbocycles. The molecule has 0 spiro atoms. The van der Waals surface area contributed by atoms with Crippen molar-refractivity contribution in [3.8, 4) is 6.07 Å². The van der Waals surface area contributed by atoms with Gasteiger partial charge >= 0.3 is 5.97 Å². The number of thioether (sulfide) groups is 1. The molecule has 2 aromatic rings. The molecule has 3 rings (SSSR count). The smallest absolute Gasteiger partial charge is 0.338 e. The van der Waals surface area contributed by atoms with Gasteiger partial charge in [0, 0.05) is 4.90 Å². The number of carbonyl (C=O) groups excluding carboxylic acids is 2. The van der Waals surface area contributed by atoms with E-state index >= 15 is 0 Å². The van der Waals surface area contributed by atoms with Crippen LogP contribution in [0.15, 0.2) is 47.4 Å². The summed E-state index contributed by atoms with van der Waals surface area (Å²) >= 11 is 1.44. The maximum absolute atomic E-state index is 12.1. The van der Waals surface area contributed by atoms with E-state index in [0.717, 1.165) is 10.5 Å². The zero-order valence-corrected chi connectivity index (χ0v) is 12.9. The average molecular weight is 324 g/mol. The number of anilines is 1. The number of nitrogens with zero attached hydrogens (tertiary/aromatic N) is 1. The topological polar surface area (TPSA) is 79.2 Å². The van der Waals surface area contributed by atoms with Gasteiger partial charge < -0.3 is 10.1 Å². The number of hydrogen-bond acceptors (Lipinski definition) is 5. The fraction of sp³-hybridized carbons (Fsp3) is 0.118. The van der Waals surface area contributed by atoms with Crippen LogP contribution in [0.4, 0.5) is 5.69 Å². The van der Waals surface area contributed by atoms with E-state index in [2.05, 4.69) is 5.32 Å². The number of ether oxygens (including phenoxy) is 1. The highest BCUT2D eigenvalue weighted by atomic mass is 32.2. The number of amides is 1. The van der Waals surface area contributed by atoms with E-state index in [1.807, 2.05) is 6.07 Å². The van der Waals surface area contributed by atoms with Crippen LogP contribution in [0.2, 0.25) is 0 Å². The van der Waals surface area contributed by atoms with E-state index in [1.165, 1.54) is 11.8 Å². The fourth-order valence-corrected chi connectivity index (χ4v) is 2.91. The lowest BCUT2D eigenvalue weighted by Crippen LogP contribution is -2.19. The van der Waals surface area contributed by atoms with Crippen molar-refractivity contribution in [1.82, 2.24) is 0 Å². The van der Waals surface area contributed by atoms with Crippen LogP contribution in [0.1, 0.15) is 21.5 Å². The molecule has 0 radical (unpaired) electrons. The number of carbonyl (C=O) groups is 2. The Labute approximate surface area is 137 Å². The summed E-state index contributed by atoms with van der Waals surface area (Å²) in [6.07, 6.45) is 0. The normalized spacial score (nSPS) is 12.7. The second-order valence-corrected chi connectivity index (χ2v) is 5.95. The lowest BCUT2D eigenvalue weighted by molar-refractivity contribution is -0.113. The number of rotatable bonds is 3. The first-order valence-corrected chi connectivity index (χ1v) is 7.87. The first kappa shape index (κ1) is 15.1. The Morgan fingerprint density at radius 1 is 1.26 bits per heavy atom. The molecule has 6 heteroatoms. The highest BCUT2D eigenvalue weighted by Gasteiger charge is 2.17. The maximum atomic E-state index is 12.1. The van der Waals surface area contributed by atoms with Crippen molar-refractivity contribution in [3.05, 3.63) is 59.2 Å². The van der Waals surface area contributed by atoms with Crippen LogP contribution in [0, 0.1) is 11.3 Å². The first-order valence-electron chi connectivity index (χ1n) is 6.88. The third-order valence-electron chi connectivity index (χ3n) is 3.30. The predicted octanol–water partition coefficient (Wildman–Crippen LogP) is 2.96. The molecule has 0 fully saturated rings. The second-order valence-electron chi connectivity index (χ2n) is 4.93. The molecule has 0 saturated carbocycles. The third kappa shape index (κ3) is 3.52. The minimum Gasteiger partial charge on any atom is -0.457 e. The van der Waals surface area contributed by atoms with Crippen LogP contribution in [0.25, 0.3) is 0 Å². The second kappa shape index (κ2) is 6.55. The highest BCUT2D eigenvalue weighted by Crippen LogP contribution is 2.32. The summed E-state index contributed by atoms with van der Waals surface area (Å²) in [5.74, 6) is -0.150. The molecule has 0 bridgehead atoms. The molecular weight excluding hydrogens is 312 g/mol. The molecule has 114 valence electrons. The zero-order chi connectivity index (χ0) is 16.2. The van der Waals surface area contributed by atoms with E-state index in [9.17, 15) is 9.59 Å². The van der Waals surface area contributed by atoms with E-state index in [4.69, 9.17) is 10.00 Å². The molecule has 0 saturated heterocycles. The minimum absolute atomic E-state index is 0.0781. The Hall–Kier alpha value is -2.78. The Balaban J connectivity index is 1.67. The fourth-order valence-electron chi connectivity index (χ4n) is 2.12. The monoisotopic (exact) mass is 324 g/mol. The standard InChI is InChI=1S/C17H12N2O3S/c18-8-11-1-3-12(4-2-11)9-22-17(21)13-5-6-15-14(7-13)19-16(20)10-23-15/h1-7H,9-10H2,(H,19,20). The van der Waals surface area contributed by atoms with Gasteiger partial charge in [-0.3, -0.25) is 4.79 Å². The lowest BCUT2D eigenvalue weighted by atomic mass is 10.1. The number of nitrogens with one attached hydrogen (secondary N) is 1. The Morgan fingerprint density at radius 2 is 2.04 bits per heavy atom. The van der Waals surface area contributed by atoms with Crippen molar-refractivity contribution in [2.75, 3.05) is 11.1 Å². The van der Waals surface area contributed by atoms with Crippen LogP contribution >= 0.6 is 11.8 Å². The minimum atomic E-state index is -0.456. The molecule has 1 N–H and O–H groups in total. The molecule has 0 unspecified atom stereocenters. The van der Waals surface area contributed by atoms with Crippen molar-refractivity contribution in [1.29, 1.82) is 5.26 Å². The van der Waals surface area contributed by atoms with E-state index in [0.29, 0.717) is 22.6 Å². The molecule has 0 atom stereocenters. The van der Waals surface area contributed by atoms with E-state index < -0.39 is 5.97 Å². The molecule has 1 amide bonds. The van der Waals surface area contributed by atoms with Gasteiger partial charge in [0.25, 0.3) is 0 Å². The van der Waals surface area contributed by atoms with Gasteiger partial charge in [-0.15, -0.1) is 11.8 Å². The average Bonchev–Trinajstić information content (AvgIpc) is 2.59. The van der Waals surface area contributed by atoms with Crippen LogP contribution in [-0.4, -0.2) is 17.6 Å². The molecule has 1 aliphatic rings. The lowest BCUT2D eigenvalue weighted by Gasteiger charge is -2.16. The molecule has 23 heavy (non-hydrogen) atoms. The Kier molecular flexibility index (Phi) is 4.31. The summed E-state index contributed by atoms with van der Waals surface area (Å²) in [5.41, 5.74) is 2.39. The first-order chi connectivity index (χ1) is 11.2. The summed E-state index contributed by atoms with van der Waals surface area (Å²) in [6.45, 7) is 0.128. The summed E-state index contributed by atoms with van der Waals surface area (Å²) in [5, 5.41) is 11.5. The van der Waals surface area contributed by atoms with Gasteiger partial charge in [-0.25, -0.2) is 4.79 Å². The molecule has 1 aliphatic heterocycles. The Bertz CT molecular complexity index is 810. The van der Waals surface area contributed by atoms with Crippen molar-refractivity contribution in [2.24, 2.45) is 0 Å². The predicted molar refractivity (Wildman–Crippen MR) is 86.1 cm³/mol. The summed E-state index contributed by atoms with van der Waals surface area (Å²) in [6, 6.07) is 14.0. The molecular formula is C17H12N2O3S. The van der Waals surface area contributed by atoms with Gasteiger partial charge in [-0.05, 0) is 35.9 Å². The van der Waals surface area contributed by atoms with Crippen molar-refractivity contribution >= 4 is 29.3 Å². The van der Waals surface area contributed by atoms with Gasteiger partial charge in [0.2, 0.25) is 5.91 Å². The molecule has 1 heterocycles. The van der Waals surface area contributed by atoms with Crippen LogP contribution in [0.5, 0.6) is 0 Å². The van der Waals surface area contributed by atoms with Crippen molar-refractivity contribution < 1.29 is 14.3 Å². The van der Waals surface area contributed by atoms with Crippen molar-refractivity contribution in [3.63, 3.8) is 0 Å². The molecule has 0 aliphatic carbocycles. The number of hydrogen-bond donors (Lipinski definition) is 1. The number of benzene rings is 2. The van der Waals surface area contributed by atoms with Gasteiger partial charge in [0.15, 0.2) is 0 Å². The van der Waals surface area contributed by atoms with Gasteiger partial charge in [-0.1, -0.05) is 12.1 Å². The summed E-state index contributed by atoms with van der Waals surface area (Å²) in [7, 11) is 0.